The lowest BCUT2D eigenvalue weighted by Gasteiger charge is -2.31. The Morgan fingerprint density at radius 3 is 2.70 bits per heavy atom. The van der Waals surface area contributed by atoms with Crippen molar-refractivity contribution in [3.05, 3.63) is 18.0 Å². The quantitative estimate of drug-likeness (QED) is 0.823. The third-order valence-corrected chi connectivity index (χ3v) is 3.42. The number of amides is 1. The van der Waals surface area contributed by atoms with E-state index in [0.717, 1.165) is 12.3 Å². The molecule has 0 radical (unpaired) electrons. The first-order chi connectivity index (χ1) is 10.9. The molecule has 0 unspecified atom stereocenters. The first-order valence-electron chi connectivity index (χ1n) is 7.32. The molecule has 2 heterocycles. The van der Waals surface area contributed by atoms with Gasteiger partial charge in [-0.1, -0.05) is 0 Å². The molecule has 1 aromatic heterocycles. The topological polar surface area (TPSA) is 64.5 Å². The molecule has 2 rings (SSSR count). The number of alkyl halides is 3. The summed E-state index contributed by atoms with van der Waals surface area (Å²) in [4.78, 5) is 20.5. The van der Waals surface area contributed by atoms with Gasteiger partial charge in [0, 0.05) is 38.7 Å². The molecule has 0 spiro atoms. The van der Waals surface area contributed by atoms with Crippen LogP contribution in [0.25, 0.3) is 0 Å². The highest BCUT2D eigenvalue weighted by molar-refractivity contribution is 5.77. The Labute approximate surface area is 131 Å². The summed E-state index contributed by atoms with van der Waals surface area (Å²) in [6.45, 7) is 3.25. The first kappa shape index (κ1) is 17.5. The minimum Gasteiger partial charge on any atom is -0.460 e. The van der Waals surface area contributed by atoms with Gasteiger partial charge in [-0.2, -0.15) is 18.2 Å². The number of hydrogen-bond donors (Lipinski definition) is 0. The number of rotatable bonds is 5. The second kappa shape index (κ2) is 7.58. The fourth-order valence-electron chi connectivity index (χ4n) is 2.21. The number of carbonyl (C=O) groups is 1. The van der Waals surface area contributed by atoms with E-state index < -0.39 is 11.9 Å². The number of halogens is 3. The van der Waals surface area contributed by atoms with E-state index in [1.54, 1.807) is 4.90 Å². The first-order valence-corrected chi connectivity index (χ1v) is 7.32. The van der Waals surface area contributed by atoms with Crippen molar-refractivity contribution in [3.8, 4) is 6.01 Å². The predicted molar refractivity (Wildman–Crippen MR) is 73.8 cm³/mol. The average Bonchev–Trinajstić information content (AvgIpc) is 2.53. The maximum Gasteiger partial charge on any atom is 0.433 e. The van der Waals surface area contributed by atoms with Crippen molar-refractivity contribution in [2.75, 3.05) is 26.3 Å². The zero-order chi connectivity index (χ0) is 16.9. The molecule has 0 bridgehead atoms. The molecule has 128 valence electrons. The molecule has 0 aromatic carbocycles. The number of likely N-dealkylation sites (tertiary alicyclic amines) is 1. The maximum atomic E-state index is 12.6. The van der Waals surface area contributed by atoms with Gasteiger partial charge in [0.05, 0.1) is 0 Å². The van der Waals surface area contributed by atoms with E-state index in [-0.39, 0.29) is 24.6 Å². The van der Waals surface area contributed by atoms with Crippen molar-refractivity contribution in [1.82, 2.24) is 14.9 Å². The fourth-order valence-corrected chi connectivity index (χ4v) is 2.21. The molecule has 23 heavy (non-hydrogen) atoms. The van der Waals surface area contributed by atoms with Gasteiger partial charge >= 0.3 is 12.2 Å². The second-order valence-electron chi connectivity index (χ2n) is 5.06. The Hall–Kier alpha value is -1.90. The zero-order valence-corrected chi connectivity index (χ0v) is 12.7. The highest BCUT2D eigenvalue weighted by Gasteiger charge is 2.33. The van der Waals surface area contributed by atoms with Crippen LogP contribution in [0.4, 0.5) is 13.2 Å². The highest BCUT2D eigenvalue weighted by atomic mass is 19.4. The number of carbonyl (C=O) groups excluding carboxylic acids is 1. The lowest BCUT2D eigenvalue weighted by atomic mass is 10.1. The molecule has 9 heteroatoms. The maximum absolute atomic E-state index is 12.6. The van der Waals surface area contributed by atoms with Gasteiger partial charge in [-0.05, 0) is 13.0 Å². The molecule has 1 fully saturated rings. The Kier molecular flexibility index (Phi) is 5.75. The van der Waals surface area contributed by atoms with Gasteiger partial charge in [-0.25, -0.2) is 4.98 Å². The highest BCUT2D eigenvalue weighted by Crippen LogP contribution is 2.28. The molecule has 6 nitrogen and oxygen atoms in total. The largest absolute Gasteiger partial charge is 0.460 e. The van der Waals surface area contributed by atoms with Gasteiger partial charge in [0.15, 0.2) is 5.69 Å². The predicted octanol–water partition coefficient (Wildman–Crippen LogP) is 1.90. The van der Waals surface area contributed by atoms with Crippen molar-refractivity contribution in [1.29, 1.82) is 0 Å². The van der Waals surface area contributed by atoms with E-state index in [1.165, 1.54) is 0 Å². The molecular formula is C14H18F3N3O3. The van der Waals surface area contributed by atoms with E-state index in [9.17, 15) is 18.0 Å². The van der Waals surface area contributed by atoms with Crippen molar-refractivity contribution < 1.29 is 27.4 Å². The third kappa shape index (κ3) is 5.05. The minimum atomic E-state index is -4.53. The summed E-state index contributed by atoms with van der Waals surface area (Å²) in [7, 11) is 0. The Bertz CT molecular complexity index is 531. The van der Waals surface area contributed by atoms with E-state index in [1.807, 2.05) is 6.92 Å². The molecule has 0 atom stereocenters. The minimum absolute atomic E-state index is 0.0404. The van der Waals surface area contributed by atoms with Gasteiger partial charge in [0.1, 0.15) is 12.7 Å². The van der Waals surface area contributed by atoms with Crippen LogP contribution in [0.3, 0.4) is 0 Å². The van der Waals surface area contributed by atoms with Crippen molar-refractivity contribution >= 4 is 5.91 Å². The van der Waals surface area contributed by atoms with Crippen LogP contribution in [0.2, 0.25) is 0 Å². The van der Waals surface area contributed by atoms with Crippen LogP contribution in [0.15, 0.2) is 12.3 Å². The van der Waals surface area contributed by atoms with Crippen LogP contribution in [0.1, 0.15) is 25.5 Å². The van der Waals surface area contributed by atoms with Crippen molar-refractivity contribution in [2.24, 2.45) is 0 Å². The van der Waals surface area contributed by atoms with Gasteiger partial charge < -0.3 is 14.4 Å². The molecule has 0 N–H and O–H groups in total. The van der Waals surface area contributed by atoms with Crippen LogP contribution in [-0.4, -0.2) is 53.2 Å². The smallest absolute Gasteiger partial charge is 0.433 e. The molecule has 0 aliphatic carbocycles. The molecular weight excluding hydrogens is 315 g/mol. The van der Waals surface area contributed by atoms with Gasteiger partial charge in [0.25, 0.3) is 0 Å². The summed E-state index contributed by atoms with van der Waals surface area (Å²) in [6.07, 6.45) is -2.80. The van der Waals surface area contributed by atoms with Crippen LogP contribution in [-0.2, 0) is 15.7 Å². The molecule has 1 aliphatic heterocycles. The van der Waals surface area contributed by atoms with Crippen molar-refractivity contribution in [2.45, 2.75) is 32.0 Å². The van der Waals surface area contributed by atoms with E-state index in [4.69, 9.17) is 9.47 Å². The van der Waals surface area contributed by atoms with Crippen LogP contribution in [0, 0.1) is 0 Å². The third-order valence-electron chi connectivity index (χ3n) is 3.42. The molecule has 1 aliphatic rings. The molecule has 1 saturated heterocycles. The summed E-state index contributed by atoms with van der Waals surface area (Å²) >= 11 is 0. The van der Waals surface area contributed by atoms with Gasteiger partial charge in [-0.15, -0.1) is 0 Å². The molecule has 0 saturated carbocycles. The van der Waals surface area contributed by atoms with Crippen LogP contribution >= 0.6 is 0 Å². The summed E-state index contributed by atoms with van der Waals surface area (Å²) in [5.74, 6) is -0.0966. The fraction of sp³-hybridized carbons (Fsp3) is 0.643. The lowest BCUT2D eigenvalue weighted by molar-refractivity contribution is -0.142. The van der Waals surface area contributed by atoms with Gasteiger partial charge in [-0.3, -0.25) is 4.79 Å². The van der Waals surface area contributed by atoms with E-state index >= 15 is 0 Å². The monoisotopic (exact) mass is 333 g/mol. The van der Waals surface area contributed by atoms with Crippen molar-refractivity contribution in [3.63, 3.8) is 0 Å². The number of nitrogens with zero attached hydrogens (tertiary/aromatic N) is 3. The standard InChI is InChI=1S/C14H18F3N3O3/c1-2-22-9-12(21)20-7-4-10(5-8-20)23-13-18-6-3-11(19-13)14(15,16)17/h3,6,10H,2,4-5,7-9H2,1H3. The Balaban J connectivity index is 1.86. The lowest BCUT2D eigenvalue weighted by Crippen LogP contribution is -2.43. The summed E-state index contributed by atoms with van der Waals surface area (Å²) in [5.41, 5.74) is -1.04. The number of ether oxygens (including phenoxy) is 2. The summed E-state index contributed by atoms with van der Waals surface area (Å²) in [5, 5.41) is 0. The summed E-state index contributed by atoms with van der Waals surface area (Å²) in [6, 6.07) is 0.501. The normalized spacial score (nSPS) is 16.4. The van der Waals surface area contributed by atoms with Crippen LogP contribution in [0.5, 0.6) is 6.01 Å². The second-order valence-corrected chi connectivity index (χ2v) is 5.06. The molecule has 1 amide bonds. The van der Waals surface area contributed by atoms with Crippen LogP contribution < -0.4 is 4.74 Å². The number of piperidine rings is 1. The van der Waals surface area contributed by atoms with Gasteiger partial charge in [0.2, 0.25) is 5.91 Å². The number of hydrogen-bond acceptors (Lipinski definition) is 5. The zero-order valence-electron chi connectivity index (χ0n) is 12.7. The average molecular weight is 333 g/mol. The molecule has 1 aromatic rings. The summed E-state index contributed by atoms with van der Waals surface area (Å²) < 4.78 is 48.2. The van der Waals surface area contributed by atoms with E-state index in [2.05, 4.69) is 9.97 Å². The SMILES string of the molecule is CCOCC(=O)N1CCC(Oc2nccc(C(F)(F)F)n2)CC1. The Morgan fingerprint density at radius 1 is 1.39 bits per heavy atom. The number of aromatic nitrogens is 2. The van der Waals surface area contributed by atoms with E-state index in [0.29, 0.717) is 32.5 Å². The Morgan fingerprint density at radius 2 is 2.09 bits per heavy atom.